The maximum atomic E-state index is 3.71. The molecule has 0 spiro atoms. The average Bonchev–Trinajstić information content (AvgIpc) is 1.85. The highest BCUT2D eigenvalue weighted by Crippen LogP contribution is 2.33. The topological polar surface area (TPSA) is 31.5 Å². The molecule has 0 aromatic heterocycles. The molecule has 0 amide bonds. The van der Waals surface area contributed by atoms with E-state index >= 15 is 0 Å². The Morgan fingerprint density at radius 3 is 2.08 bits per heavy atom. The third kappa shape index (κ3) is 5.15. The molecule has 74 valence electrons. The zero-order valence-corrected chi connectivity index (χ0v) is 9.78. The molecule has 0 saturated heterocycles. The maximum absolute atomic E-state index is 3.71. The largest absolute Gasteiger partial charge is 0.412 e. The predicted octanol–water partition coefficient (Wildman–Crippen LogP) is 3.31. The van der Waals surface area contributed by atoms with Crippen molar-refractivity contribution in [1.82, 2.24) is 0 Å². The van der Waals surface area contributed by atoms with E-state index in [2.05, 4.69) is 29.8 Å². The van der Waals surface area contributed by atoms with E-state index in [4.69, 9.17) is 0 Å². The van der Waals surface area contributed by atoms with Gasteiger partial charge in [-0.15, -0.1) is 0 Å². The van der Waals surface area contributed by atoms with Gasteiger partial charge in [-0.2, -0.15) is 0 Å². The van der Waals surface area contributed by atoms with Gasteiger partial charge in [0.15, 0.2) is 0 Å². The van der Waals surface area contributed by atoms with E-state index in [1.807, 2.05) is 0 Å². The average molecular weight is 237 g/mol. The molecule has 0 atom stereocenters. The van der Waals surface area contributed by atoms with Crippen LogP contribution < -0.4 is 0 Å². The van der Waals surface area contributed by atoms with Gasteiger partial charge in [-0.1, -0.05) is 61.9 Å². The molecule has 1 aliphatic carbocycles. The first kappa shape index (κ1) is 12.4. The lowest BCUT2D eigenvalue weighted by molar-refractivity contribution is 0.319. The maximum Gasteiger partial charge on any atom is 0.0204 e. The molecule has 1 nitrogen and oxygen atoms in total. The van der Waals surface area contributed by atoms with Crippen LogP contribution in [-0.4, -0.2) is 9.80 Å². The summed E-state index contributed by atoms with van der Waals surface area (Å²) in [5.41, 5.74) is 0. The first-order valence-electron chi connectivity index (χ1n) is 4.77. The smallest absolute Gasteiger partial charge is 0.0204 e. The molecular weight excluding hydrogens is 216 g/mol. The standard InChI is InChI=1S/C10H19Br.H2O/c1-10(2,11)8-9-6-4-3-5-7-9;/h9H,3-8H2,1-2H3;1H2. The summed E-state index contributed by atoms with van der Waals surface area (Å²) < 4.78 is 0.370. The van der Waals surface area contributed by atoms with Crippen molar-refractivity contribution in [2.45, 2.75) is 56.7 Å². The summed E-state index contributed by atoms with van der Waals surface area (Å²) in [5.74, 6) is 0.998. The second-order valence-corrected chi connectivity index (χ2v) is 6.57. The Morgan fingerprint density at radius 2 is 1.67 bits per heavy atom. The normalized spacial score (nSPS) is 20.2. The molecule has 0 bridgehead atoms. The highest BCUT2D eigenvalue weighted by Gasteiger charge is 2.21. The molecule has 1 saturated carbocycles. The van der Waals surface area contributed by atoms with Crippen molar-refractivity contribution >= 4 is 15.9 Å². The number of rotatable bonds is 2. The van der Waals surface area contributed by atoms with Gasteiger partial charge in [0.1, 0.15) is 0 Å². The van der Waals surface area contributed by atoms with Gasteiger partial charge in [-0.3, -0.25) is 0 Å². The molecule has 2 N–H and O–H groups in total. The van der Waals surface area contributed by atoms with Crippen LogP contribution in [0.15, 0.2) is 0 Å². The minimum atomic E-state index is 0. The predicted molar refractivity (Wildman–Crippen MR) is 57.8 cm³/mol. The fraction of sp³-hybridized carbons (Fsp3) is 1.00. The number of hydrogen-bond acceptors (Lipinski definition) is 0. The molecule has 12 heavy (non-hydrogen) atoms. The summed E-state index contributed by atoms with van der Waals surface area (Å²) in [6.45, 7) is 4.56. The lowest BCUT2D eigenvalue weighted by Gasteiger charge is -2.27. The molecule has 0 aromatic carbocycles. The van der Waals surface area contributed by atoms with Crippen LogP contribution in [0.5, 0.6) is 0 Å². The van der Waals surface area contributed by atoms with E-state index in [9.17, 15) is 0 Å². The summed E-state index contributed by atoms with van der Waals surface area (Å²) in [5, 5.41) is 0. The van der Waals surface area contributed by atoms with Gasteiger partial charge < -0.3 is 5.48 Å². The van der Waals surface area contributed by atoms with Gasteiger partial charge in [-0.25, -0.2) is 0 Å². The zero-order valence-electron chi connectivity index (χ0n) is 8.20. The minimum Gasteiger partial charge on any atom is -0.412 e. The van der Waals surface area contributed by atoms with Gasteiger partial charge in [0.25, 0.3) is 0 Å². The molecule has 2 heteroatoms. The minimum absolute atomic E-state index is 0. The van der Waals surface area contributed by atoms with Crippen LogP contribution in [0.2, 0.25) is 0 Å². The van der Waals surface area contributed by atoms with Crippen LogP contribution in [0.3, 0.4) is 0 Å². The van der Waals surface area contributed by atoms with Crippen LogP contribution in [-0.2, 0) is 0 Å². The summed E-state index contributed by atoms with van der Waals surface area (Å²) in [7, 11) is 0. The molecule has 1 rings (SSSR count). The Kier molecular flexibility index (Phi) is 5.42. The lowest BCUT2D eigenvalue weighted by Crippen LogP contribution is -2.18. The number of alkyl halides is 1. The first-order chi connectivity index (χ1) is 5.08. The van der Waals surface area contributed by atoms with E-state index in [1.165, 1.54) is 38.5 Å². The van der Waals surface area contributed by atoms with E-state index in [0.29, 0.717) is 4.32 Å². The lowest BCUT2D eigenvalue weighted by atomic mass is 9.84. The Bertz CT molecular complexity index is 111. The fourth-order valence-corrected chi connectivity index (χ4v) is 2.54. The van der Waals surface area contributed by atoms with Crippen molar-refractivity contribution in [3.8, 4) is 0 Å². The summed E-state index contributed by atoms with van der Waals surface area (Å²) >= 11 is 3.71. The summed E-state index contributed by atoms with van der Waals surface area (Å²) in [6, 6.07) is 0. The second kappa shape index (κ2) is 5.23. The van der Waals surface area contributed by atoms with Crippen LogP contribution in [0.4, 0.5) is 0 Å². The molecule has 0 aliphatic heterocycles. The van der Waals surface area contributed by atoms with Crippen molar-refractivity contribution < 1.29 is 5.48 Å². The Labute approximate surface area is 84.4 Å². The monoisotopic (exact) mass is 236 g/mol. The van der Waals surface area contributed by atoms with Crippen molar-refractivity contribution in [1.29, 1.82) is 0 Å². The highest BCUT2D eigenvalue weighted by atomic mass is 79.9. The van der Waals surface area contributed by atoms with Crippen LogP contribution in [0.25, 0.3) is 0 Å². The van der Waals surface area contributed by atoms with E-state index in [1.54, 1.807) is 0 Å². The Morgan fingerprint density at radius 1 is 1.17 bits per heavy atom. The molecular formula is C10H21BrO. The zero-order chi connectivity index (χ0) is 8.32. The summed E-state index contributed by atoms with van der Waals surface area (Å²) in [6.07, 6.45) is 8.69. The Balaban J connectivity index is 0.00000121. The van der Waals surface area contributed by atoms with E-state index in [-0.39, 0.29) is 5.48 Å². The number of halogens is 1. The fourth-order valence-electron chi connectivity index (χ4n) is 2.08. The number of hydrogen-bond donors (Lipinski definition) is 0. The summed E-state index contributed by atoms with van der Waals surface area (Å²) in [4.78, 5) is 0. The van der Waals surface area contributed by atoms with Gasteiger partial charge in [-0.05, 0) is 12.3 Å². The Hall–Kier alpha value is 0.440. The molecule has 1 fully saturated rings. The van der Waals surface area contributed by atoms with Crippen LogP contribution >= 0.6 is 15.9 Å². The van der Waals surface area contributed by atoms with E-state index in [0.717, 1.165) is 5.92 Å². The van der Waals surface area contributed by atoms with E-state index < -0.39 is 0 Å². The van der Waals surface area contributed by atoms with Gasteiger partial charge in [0.2, 0.25) is 0 Å². The van der Waals surface area contributed by atoms with Crippen LogP contribution in [0, 0.1) is 5.92 Å². The molecule has 0 unspecified atom stereocenters. The quantitative estimate of drug-likeness (QED) is 0.660. The SMILES string of the molecule is CC(C)(Br)CC1CCCCC1.O. The molecule has 0 heterocycles. The van der Waals surface area contributed by atoms with Crippen LogP contribution in [0.1, 0.15) is 52.4 Å². The second-order valence-electron chi connectivity index (χ2n) is 4.43. The van der Waals surface area contributed by atoms with Gasteiger partial charge in [0.05, 0.1) is 0 Å². The molecule has 0 radical (unpaired) electrons. The van der Waals surface area contributed by atoms with Gasteiger partial charge in [0, 0.05) is 4.32 Å². The third-order valence-electron chi connectivity index (χ3n) is 2.50. The van der Waals surface area contributed by atoms with Crippen molar-refractivity contribution in [2.75, 3.05) is 0 Å². The van der Waals surface area contributed by atoms with Crippen molar-refractivity contribution in [2.24, 2.45) is 5.92 Å². The first-order valence-corrected chi connectivity index (χ1v) is 5.56. The van der Waals surface area contributed by atoms with Gasteiger partial charge >= 0.3 is 0 Å². The molecule has 0 aromatic rings. The van der Waals surface area contributed by atoms with Crippen molar-refractivity contribution in [3.63, 3.8) is 0 Å². The van der Waals surface area contributed by atoms with Crippen molar-refractivity contribution in [3.05, 3.63) is 0 Å². The molecule has 1 aliphatic rings. The highest BCUT2D eigenvalue weighted by molar-refractivity contribution is 9.10. The third-order valence-corrected chi connectivity index (χ3v) is 2.82.